The first kappa shape index (κ1) is 15.5. The number of nitrogens with one attached hydrogen (secondary N) is 1. The highest BCUT2D eigenvalue weighted by atomic mass is 16.5. The van der Waals surface area contributed by atoms with Crippen molar-refractivity contribution in [2.24, 2.45) is 5.92 Å². The van der Waals surface area contributed by atoms with Crippen LogP contribution in [0, 0.1) is 5.92 Å². The molecule has 1 aromatic carbocycles. The van der Waals surface area contributed by atoms with Gasteiger partial charge in [-0.15, -0.1) is 0 Å². The third-order valence-electron chi connectivity index (χ3n) is 2.99. The Kier molecular flexibility index (Phi) is 5.83. The van der Waals surface area contributed by atoms with E-state index in [1.54, 1.807) is 0 Å². The summed E-state index contributed by atoms with van der Waals surface area (Å²) in [5.41, 5.74) is 1.08. The van der Waals surface area contributed by atoms with Crippen LogP contribution in [0.15, 0.2) is 24.3 Å². The maximum absolute atomic E-state index is 10.8. The van der Waals surface area contributed by atoms with Crippen LogP contribution in [0.3, 0.4) is 0 Å². The molecule has 0 aromatic heterocycles. The van der Waals surface area contributed by atoms with Gasteiger partial charge < -0.3 is 15.2 Å². The summed E-state index contributed by atoms with van der Waals surface area (Å²) >= 11 is 0. The number of rotatable bonds is 7. The van der Waals surface area contributed by atoms with Gasteiger partial charge in [-0.25, -0.2) is 0 Å². The van der Waals surface area contributed by atoms with Gasteiger partial charge in [0.15, 0.2) is 0 Å². The lowest BCUT2D eigenvalue weighted by atomic mass is 9.92. The highest BCUT2D eigenvalue weighted by Crippen LogP contribution is 2.26. The van der Waals surface area contributed by atoms with E-state index in [-0.39, 0.29) is 24.5 Å². The zero-order chi connectivity index (χ0) is 14.4. The molecule has 1 aromatic rings. The smallest absolute Gasteiger partial charge is 0.303 e. The Balaban J connectivity index is 2.78. The summed E-state index contributed by atoms with van der Waals surface area (Å²) in [5, 5.41) is 12.1. The maximum atomic E-state index is 10.8. The number of carbonyl (C=O) groups is 1. The molecule has 0 fully saturated rings. The van der Waals surface area contributed by atoms with E-state index in [1.807, 2.05) is 52.1 Å². The van der Waals surface area contributed by atoms with Gasteiger partial charge >= 0.3 is 5.97 Å². The summed E-state index contributed by atoms with van der Waals surface area (Å²) in [6.45, 7) is 5.91. The fourth-order valence-electron chi connectivity index (χ4n) is 2.20. The van der Waals surface area contributed by atoms with Gasteiger partial charge in [-0.1, -0.05) is 19.1 Å². The van der Waals surface area contributed by atoms with Gasteiger partial charge in [-0.05, 0) is 44.5 Å². The lowest BCUT2D eigenvalue weighted by molar-refractivity contribution is -0.138. The molecule has 2 N–H and O–H groups in total. The van der Waals surface area contributed by atoms with Crippen LogP contribution in [0.4, 0.5) is 0 Å². The molecule has 4 heteroatoms. The van der Waals surface area contributed by atoms with Crippen molar-refractivity contribution in [2.45, 2.75) is 39.3 Å². The number of carboxylic acid groups (broad SMARTS) is 1. The maximum Gasteiger partial charge on any atom is 0.303 e. The summed E-state index contributed by atoms with van der Waals surface area (Å²) < 4.78 is 5.59. The van der Waals surface area contributed by atoms with E-state index in [2.05, 4.69) is 5.32 Å². The molecule has 2 unspecified atom stereocenters. The predicted molar refractivity (Wildman–Crippen MR) is 75.4 cm³/mol. The minimum atomic E-state index is -0.771. The minimum Gasteiger partial charge on any atom is -0.491 e. The molecule has 0 aliphatic carbocycles. The third kappa shape index (κ3) is 4.91. The largest absolute Gasteiger partial charge is 0.491 e. The van der Waals surface area contributed by atoms with Crippen LogP contribution in [0.2, 0.25) is 0 Å². The first-order valence-corrected chi connectivity index (χ1v) is 6.59. The van der Waals surface area contributed by atoms with Crippen molar-refractivity contribution in [3.8, 4) is 5.75 Å². The Labute approximate surface area is 114 Å². The highest BCUT2D eigenvalue weighted by molar-refractivity contribution is 5.67. The Morgan fingerprint density at radius 3 is 2.26 bits per heavy atom. The Bertz CT molecular complexity index is 400. The van der Waals surface area contributed by atoms with Gasteiger partial charge in [-0.2, -0.15) is 0 Å². The topological polar surface area (TPSA) is 58.6 Å². The summed E-state index contributed by atoms with van der Waals surface area (Å²) in [6.07, 6.45) is 0.298. The standard InChI is InChI=1S/C15H23NO3/c1-10(2)19-13-7-5-12(6-8-13)15(16-4)11(3)9-14(17)18/h5-8,10-11,15-16H,9H2,1-4H3,(H,17,18). The van der Waals surface area contributed by atoms with Gasteiger partial charge in [0, 0.05) is 12.5 Å². The molecule has 0 bridgehead atoms. The van der Waals surface area contributed by atoms with Crippen LogP contribution in [0.25, 0.3) is 0 Å². The average Bonchev–Trinajstić information content (AvgIpc) is 2.30. The fourth-order valence-corrected chi connectivity index (χ4v) is 2.20. The van der Waals surface area contributed by atoms with Gasteiger partial charge in [0.1, 0.15) is 5.75 Å². The number of ether oxygens (including phenoxy) is 1. The molecule has 0 heterocycles. The van der Waals surface area contributed by atoms with Crippen LogP contribution in [0.1, 0.15) is 38.8 Å². The van der Waals surface area contributed by atoms with E-state index in [4.69, 9.17) is 9.84 Å². The summed E-state index contributed by atoms with van der Waals surface area (Å²) in [4.78, 5) is 10.8. The average molecular weight is 265 g/mol. The van der Waals surface area contributed by atoms with E-state index in [9.17, 15) is 4.79 Å². The van der Waals surface area contributed by atoms with Crippen molar-refractivity contribution < 1.29 is 14.6 Å². The van der Waals surface area contributed by atoms with Crippen molar-refractivity contribution in [1.82, 2.24) is 5.32 Å². The number of benzene rings is 1. The molecule has 0 radical (unpaired) electrons. The molecule has 2 atom stereocenters. The van der Waals surface area contributed by atoms with E-state index < -0.39 is 5.97 Å². The zero-order valence-electron chi connectivity index (χ0n) is 12.0. The minimum absolute atomic E-state index is 0.0272. The van der Waals surface area contributed by atoms with Gasteiger partial charge in [-0.3, -0.25) is 4.79 Å². The molecule has 0 spiro atoms. The lowest BCUT2D eigenvalue weighted by Gasteiger charge is -2.23. The SMILES string of the molecule is CNC(c1ccc(OC(C)C)cc1)C(C)CC(=O)O. The van der Waals surface area contributed by atoms with Crippen molar-refractivity contribution in [3.63, 3.8) is 0 Å². The first-order valence-electron chi connectivity index (χ1n) is 6.59. The molecule has 0 saturated heterocycles. The molecule has 0 amide bonds. The van der Waals surface area contributed by atoms with E-state index in [0.29, 0.717) is 0 Å². The summed E-state index contributed by atoms with van der Waals surface area (Å²) in [5.74, 6) is 0.0892. The number of aliphatic carboxylic acids is 1. The molecular formula is C15H23NO3. The fraction of sp³-hybridized carbons (Fsp3) is 0.533. The van der Waals surface area contributed by atoms with Crippen molar-refractivity contribution in [1.29, 1.82) is 0 Å². The number of hydrogen-bond donors (Lipinski definition) is 2. The van der Waals surface area contributed by atoms with E-state index >= 15 is 0 Å². The Hall–Kier alpha value is -1.55. The molecule has 19 heavy (non-hydrogen) atoms. The molecule has 106 valence electrons. The normalized spacial score (nSPS) is 14.2. The van der Waals surface area contributed by atoms with Crippen molar-refractivity contribution in [2.75, 3.05) is 7.05 Å². The third-order valence-corrected chi connectivity index (χ3v) is 2.99. The quantitative estimate of drug-likeness (QED) is 0.796. The van der Waals surface area contributed by atoms with Crippen LogP contribution in [0.5, 0.6) is 5.75 Å². The van der Waals surface area contributed by atoms with Crippen LogP contribution in [-0.4, -0.2) is 24.2 Å². The van der Waals surface area contributed by atoms with Crippen LogP contribution in [-0.2, 0) is 4.79 Å². The second-order valence-electron chi connectivity index (χ2n) is 5.08. The first-order chi connectivity index (χ1) is 8.93. The molecule has 4 nitrogen and oxygen atoms in total. The van der Waals surface area contributed by atoms with E-state index in [1.165, 1.54) is 0 Å². The lowest BCUT2D eigenvalue weighted by Crippen LogP contribution is -2.25. The van der Waals surface area contributed by atoms with Gasteiger partial charge in [0.25, 0.3) is 0 Å². The zero-order valence-corrected chi connectivity index (χ0v) is 12.0. The molecule has 0 aliphatic rings. The number of hydrogen-bond acceptors (Lipinski definition) is 3. The summed E-state index contributed by atoms with van der Waals surface area (Å²) in [7, 11) is 1.85. The van der Waals surface area contributed by atoms with Crippen molar-refractivity contribution in [3.05, 3.63) is 29.8 Å². The highest BCUT2D eigenvalue weighted by Gasteiger charge is 2.20. The Morgan fingerprint density at radius 2 is 1.84 bits per heavy atom. The molecule has 1 rings (SSSR count). The van der Waals surface area contributed by atoms with E-state index in [0.717, 1.165) is 11.3 Å². The van der Waals surface area contributed by atoms with Gasteiger partial charge in [0.05, 0.1) is 6.10 Å². The predicted octanol–water partition coefficient (Wildman–Crippen LogP) is 2.85. The van der Waals surface area contributed by atoms with Crippen LogP contribution < -0.4 is 10.1 Å². The molecule has 0 saturated carbocycles. The monoisotopic (exact) mass is 265 g/mol. The van der Waals surface area contributed by atoms with Crippen LogP contribution >= 0.6 is 0 Å². The second kappa shape index (κ2) is 7.14. The van der Waals surface area contributed by atoms with Crippen molar-refractivity contribution >= 4 is 5.97 Å². The van der Waals surface area contributed by atoms with Gasteiger partial charge in [0.2, 0.25) is 0 Å². The Morgan fingerprint density at radius 1 is 1.26 bits per heavy atom. The molecule has 0 aliphatic heterocycles. The second-order valence-corrected chi connectivity index (χ2v) is 5.08. The summed E-state index contributed by atoms with van der Waals surface area (Å²) in [6, 6.07) is 7.85. The number of carboxylic acids is 1. The molecular weight excluding hydrogens is 242 g/mol.